The second-order valence-corrected chi connectivity index (χ2v) is 8.41. The summed E-state index contributed by atoms with van der Waals surface area (Å²) >= 11 is 13.1. The summed E-state index contributed by atoms with van der Waals surface area (Å²) in [6.45, 7) is 2.28. The molecule has 0 amide bonds. The number of rotatable bonds is 5. The number of hydrogen-bond acceptors (Lipinski definition) is 6. The molecule has 7 nitrogen and oxygen atoms in total. The Morgan fingerprint density at radius 3 is 2.45 bits per heavy atom. The molecule has 33 heavy (non-hydrogen) atoms. The van der Waals surface area contributed by atoms with Gasteiger partial charge in [0.25, 0.3) is 0 Å². The maximum Gasteiger partial charge on any atom is 0.139 e. The summed E-state index contributed by atoms with van der Waals surface area (Å²) in [4.78, 5) is 11.3. The lowest BCUT2D eigenvalue weighted by molar-refractivity contribution is 0.344. The molecular weight excluding hydrogens is 459 g/mol. The highest BCUT2D eigenvalue weighted by Gasteiger charge is 2.29. The fourth-order valence-corrected chi connectivity index (χ4v) is 4.53. The molecule has 5 rings (SSSR count). The van der Waals surface area contributed by atoms with Crippen LogP contribution in [0.1, 0.15) is 6.17 Å². The van der Waals surface area contributed by atoms with Crippen LogP contribution in [0, 0.1) is 0 Å². The van der Waals surface area contributed by atoms with Crippen molar-refractivity contribution in [3.05, 3.63) is 77.0 Å². The monoisotopic (exact) mass is 480 g/mol. The smallest absolute Gasteiger partial charge is 0.139 e. The second-order valence-electron chi connectivity index (χ2n) is 7.62. The molecule has 3 aromatic heterocycles. The Morgan fingerprint density at radius 2 is 1.76 bits per heavy atom. The van der Waals surface area contributed by atoms with Crippen LogP contribution in [-0.4, -0.2) is 46.5 Å². The molecule has 4 heterocycles. The molecular formula is C24H22Cl2N6O. The van der Waals surface area contributed by atoms with Crippen molar-refractivity contribution in [3.8, 4) is 28.5 Å². The minimum atomic E-state index is -0.132. The first-order valence-electron chi connectivity index (χ1n) is 10.6. The summed E-state index contributed by atoms with van der Waals surface area (Å²) in [5.74, 6) is 0.651. The molecule has 1 fully saturated rings. The summed E-state index contributed by atoms with van der Waals surface area (Å²) in [5.41, 5.74) is 3.89. The number of aromatic nitrogens is 4. The molecule has 0 bridgehead atoms. The van der Waals surface area contributed by atoms with Crippen molar-refractivity contribution in [2.75, 3.05) is 31.6 Å². The van der Waals surface area contributed by atoms with Crippen LogP contribution in [0.3, 0.4) is 0 Å². The van der Waals surface area contributed by atoms with Crippen LogP contribution in [0.2, 0.25) is 10.0 Å². The first-order chi connectivity index (χ1) is 16.2. The van der Waals surface area contributed by atoms with Crippen LogP contribution >= 0.6 is 23.2 Å². The third kappa shape index (κ3) is 4.27. The molecule has 1 aliphatic rings. The fourth-order valence-electron chi connectivity index (χ4n) is 4.01. The van der Waals surface area contributed by atoms with E-state index in [1.165, 1.54) is 0 Å². The Morgan fingerprint density at radius 1 is 1.00 bits per heavy atom. The van der Waals surface area contributed by atoms with Crippen LogP contribution in [0.4, 0.5) is 5.69 Å². The van der Waals surface area contributed by atoms with E-state index in [2.05, 4.69) is 20.2 Å². The minimum absolute atomic E-state index is 0.132. The molecule has 1 saturated heterocycles. The van der Waals surface area contributed by atoms with Crippen molar-refractivity contribution in [1.29, 1.82) is 0 Å². The van der Waals surface area contributed by atoms with Crippen LogP contribution in [0.15, 0.2) is 67.0 Å². The highest BCUT2D eigenvalue weighted by atomic mass is 35.5. The van der Waals surface area contributed by atoms with Gasteiger partial charge in [-0.3, -0.25) is 15.3 Å². The standard InChI is InChI=1S/C24H22Cl2N6O/c1-33-20-14-16(8-9-17(20)25)31-13-12-29-21(15-31)32-24(19-7-3-5-11-28-19)22(26)23(30-32)18-6-2-4-10-27-18/h2-11,14,21,29H,12-13,15H2,1H3. The molecule has 168 valence electrons. The number of piperazine rings is 1. The number of anilines is 1. The second kappa shape index (κ2) is 9.39. The topological polar surface area (TPSA) is 68.1 Å². The number of benzene rings is 1. The quantitative estimate of drug-likeness (QED) is 0.436. The number of methoxy groups -OCH3 is 1. The van der Waals surface area contributed by atoms with Crippen LogP contribution < -0.4 is 15.0 Å². The molecule has 1 atom stereocenters. The lowest BCUT2D eigenvalue weighted by Gasteiger charge is -2.36. The van der Waals surface area contributed by atoms with E-state index in [1.807, 2.05) is 59.3 Å². The highest BCUT2D eigenvalue weighted by Crippen LogP contribution is 2.37. The summed E-state index contributed by atoms with van der Waals surface area (Å²) < 4.78 is 7.33. The Labute approximate surface area is 201 Å². The van der Waals surface area contributed by atoms with E-state index in [-0.39, 0.29) is 6.17 Å². The number of hydrogen-bond donors (Lipinski definition) is 1. The molecule has 1 aliphatic heterocycles. The Kier molecular flexibility index (Phi) is 6.17. The lowest BCUT2D eigenvalue weighted by Crippen LogP contribution is -2.48. The number of nitrogens with zero attached hydrogens (tertiary/aromatic N) is 5. The van der Waals surface area contributed by atoms with Crippen molar-refractivity contribution in [1.82, 2.24) is 25.1 Å². The van der Waals surface area contributed by atoms with Gasteiger partial charge in [0.1, 0.15) is 23.3 Å². The average Bonchev–Trinajstić information content (AvgIpc) is 3.22. The zero-order valence-corrected chi connectivity index (χ0v) is 19.5. The van der Waals surface area contributed by atoms with Gasteiger partial charge in [-0.05, 0) is 36.4 Å². The number of halogens is 2. The number of nitrogens with one attached hydrogen (secondary N) is 1. The van der Waals surface area contributed by atoms with Gasteiger partial charge >= 0.3 is 0 Å². The van der Waals surface area contributed by atoms with E-state index in [4.69, 9.17) is 33.0 Å². The third-order valence-corrected chi connectivity index (χ3v) is 6.29. The largest absolute Gasteiger partial charge is 0.495 e. The van der Waals surface area contributed by atoms with Crippen molar-refractivity contribution in [2.45, 2.75) is 6.17 Å². The van der Waals surface area contributed by atoms with Gasteiger partial charge in [0.05, 0.1) is 35.1 Å². The summed E-state index contributed by atoms with van der Waals surface area (Å²) in [6.07, 6.45) is 3.36. The SMILES string of the molecule is COc1cc(N2CCNC(n3nc(-c4ccccn4)c(Cl)c3-c3ccccn3)C2)ccc1Cl. The molecule has 9 heteroatoms. The number of pyridine rings is 2. The summed E-state index contributed by atoms with van der Waals surface area (Å²) in [6, 6.07) is 17.3. The molecule has 1 N–H and O–H groups in total. The van der Waals surface area contributed by atoms with Crippen molar-refractivity contribution >= 4 is 28.9 Å². The van der Waals surface area contributed by atoms with Gasteiger partial charge in [-0.1, -0.05) is 35.3 Å². The maximum atomic E-state index is 6.89. The zero-order chi connectivity index (χ0) is 22.8. The summed E-state index contributed by atoms with van der Waals surface area (Å²) in [7, 11) is 1.62. The van der Waals surface area contributed by atoms with Crippen LogP contribution in [-0.2, 0) is 0 Å². The Balaban J connectivity index is 1.55. The minimum Gasteiger partial charge on any atom is -0.495 e. The van der Waals surface area contributed by atoms with E-state index in [9.17, 15) is 0 Å². The highest BCUT2D eigenvalue weighted by molar-refractivity contribution is 6.35. The van der Waals surface area contributed by atoms with Gasteiger partial charge < -0.3 is 9.64 Å². The van der Waals surface area contributed by atoms with Crippen molar-refractivity contribution in [3.63, 3.8) is 0 Å². The Bertz CT molecular complexity index is 1250. The molecule has 0 saturated carbocycles. The molecule has 0 radical (unpaired) electrons. The average molecular weight is 481 g/mol. The molecule has 0 aliphatic carbocycles. The van der Waals surface area contributed by atoms with Gasteiger partial charge in [-0.15, -0.1) is 0 Å². The third-order valence-electron chi connectivity index (χ3n) is 5.62. The predicted octanol–water partition coefficient (Wildman–Crippen LogP) is 4.93. The van der Waals surface area contributed by atoms with Gasteiger partial charge in [-0.25, -0.2) is 4.68 Å². The van der Waals surface area contributed by atoms with Gasteiger partial charge in [0, 0.05) is 37.2 Å². The Hall–Kier alpha value is -3.13. The zero-order valence-electron chi connectivity index (χ0n) is 17.9. The van der Waals surface area contributed by atoms with E-state index >= 15 is 0 Å². The fraction of sp³-hybridized carbons (Fsp3) is 0.208. The van der Waals surface area contributed by atoms with E-state index < -0.39 is 0 Å². The first-order valence-corrected chi connectivity index (χ1v) is 11.3. The molecule has 0 spiro atoms. The van der Waals surface area contributed by atoms with Gasteiger partial charge in [0.2, 0.25) is 0 Å². The summed E-state index contributed by atoms with van der Waals surface area (Å²) in [5, 5.41) is 9.59. The van der Waals surface area contributed by atoms with Gasteiger partial charge in [0.15, 0.2) is 0 Å². The molecule has 1 unspecified atom stereocenters. The lowest BCUT2D eigenvalue weighted by atomic mass is 10.2. The van der Waals surface area contributed by atoms with Crippen molar-refractivity contribution in [2.24, 2.45) is 0 Å². The van der Waals surface area contributed by atoms with E-state index in [0.717, 1.165) is 30.2 Å². The predicted molar refractivity (Wildman–Crippen MR) is 131 cm³/mol. The van der Waals surface area contributed by atoms with E-state index in [1.54, 1.807) is 19.5 Å². The van der Waals surface area contributed by atoms with Crippen molar-refractivity contribution < 1.29 is 4.74 Å². The van der Waals surface area contributed by atoms with Crippen LogP contribution in [0.25, 0.3) is 22.8 Å². The first kappa shape index (κ1) is 21.7. The maximum absolute atomic E-state index is 6.89. The van der Waals surface area contributed by atoms with Crippen LogP contribution in [0.5, 0.6) is 5.75 Å². The van der Waals surface area contributed by atoms with E-state index in [0.29, 0.717) is 33.7 Å². The normalized spacial score (nSPS) is 16.1. The number of ether oxygens (including phenoxy) is 1. The molecule has 1 aromatic carbocycles. The molecule has 4 aromatic rings. The van der Waals surface area contributed by atoms with Gasteiger partial charge in [-0.2, -0.15) is 5.10 Å².